The number of halogens is 2. The average Bonchev–Trinajstić information content (AvgIpc) is 2.81. The van der Waals surface area contributed by atoms with Crippen LogP contribution in [0, 0.1) is 0 Å². The van der Waals surface area contributed by atoms with Crippen LogP contribution in [0.5, 0.6) is 0 Å². The van der Waals surface area contributed by atoms with E-state index in [-0.39, 0.29) is 5.91 Å². The van der Waals surface area contributed by atoms with Gasteiger partial charge < -0.3 is 5.32 Å². The lowest BCUT2D eigenvalue weighted by molar-refractivity contribution is -0.115. The number of hydrogen-bond acceptors (Lipinski definition) is 3. The van der Waals surface area contributed by atoms with Crippen LogP contribution in [-0.2, 0) is 4.79 Å². The first-order chi connectivity index (χ1) is 10.6. The summed E-state index contributed by atoms with van der Waals surface area (Å²) in [5, 5.41) is 4.56. The van der Waals surface area contributed by atoms with Crippen molar-refractivity contribution in [1.29, 1.82) is 0 Å². The first-order valence-electron chi connectivity index (χ1n) is 6.41. The van der Waals surface area contributed by atoms with Crippen LogP contribution in [0.3, 0.4) is 0 Å². The van der Waals surface area contributed by atoms with Gasteiger partial charge in [0.2, 0.25) is 0 Å². The SMILES string of the molecule is O=C1NC(=Nc2ccc(Cl)cc2)S/C1=C/c1cccc(Cl)c1. The fraction of sp³-hybridized carbons (Fsp3) is 0. The number of aliphatic imine (C=N–C) groups is 1. The van der Waals surface area contributed by atoms with Crippen LogP contribution in [0.2, 0.25) is 10.0 Å². The molecule has 1 fully saturated rings. The Labute approximate surface area is 142 Å². The molecule has 0 atom stereocenters. The first kappa shape index (κ1) is 15.2. The molecule has 22 heavy (non-hydrogen) atoms. The van der Waals surface area contributed by atoms with Gasteiger partial charge in [0.25, 0.3) is 5.91 Å². The van der Waals surface area contributed by atoms with Crippen LogP contribution >= 0.6 is 35.0 Å². The molecule has 1 heterocycles. The van der Waals surface area contributed by atoms with Gasteiger partial charge in [-0.15, -0.1) is 0 Å². The largest absolute Gasteiger partial charge is 0.300 e. The predicted molar refractivity (Wildman–Crippen MR) is 93.7 cm³/mol. The van der Waals surface area contributed by atoms with Crippen LogP contribution < -0.4 is 5.32 Å². The molecular weight excluding hydrogens is 339 g/mol. The molecule has 110 valence electrons. The van der Waals surface area contributed by atoms with E-state index in [0.717, 1.165) is 11.3 Å². The van der Waals surface area contributed by atoms with Crippen molar-refractivity contribution in [1.82, 2.24) is 5.32 Å². The highest BCUT2D eigenvalue weighted by Crippen LogP contribution is 2.28. The molecule has 1 aliphatic heterocycles. The molecule has 2 aromatic rings. The number of hydrogen-bond donors (Lipinski definition) is 1. The van der Waals surface area contributed by atoms with Crippen LogP contribution in [0.25, 0.3) is 6.08 Å². The molecule has 3 rings (SSSR count). The summed E-state index contributed by atoms with van der Waals surface area (Å²) in [6.07, 6.45) is 1.79. The molecule has 0 spiro atoms. The average molecular weight is 349 g/mol. The number of carbonyl (C=O) groups is 1. The topological polar surface area (TPSA) is 41.5 Å². The van der Waals surface area contributed by atoms with E-state index < -0.39 is 0 Å². The van der Waals surface area contributed by atoms with Crippen molar-refractivity contribution in [3.05, 3.63) is 69.0 Å². The highest BCUT2D eigenvalue weighted by molar-refractivity contribution is 8.18. The minimum Gasteiger partial charge on any atom is -0.300 e. The standard InChI is InChI=1S/C16H10Cl2N2OS/c17-11-4-6-13(7-5-11)19-16-20-15(21)14(22-16)9-10-2-1-3-12(18)8-10/h1-9H,(H,19,20,21)/b14-9+. The van der Waals surface area contributed by atoms with Crippen LogP contribution in [0.15, 0.2) is 58.4 Å². The molecule has 1 aliphatic rings. The van der Waals surface area contributed by atoms with E-state index in [1.54, 1.807) is 42.5 Å². The number of rotatable bonds is 2. The van der Waals surface area contributed by atoms with E-state index in [1.807, 2.05) is 12.1 Å². The molecule has 1 saturated heterocycles. The molecule has 0 aromatic heterocycles. The Hall–Kier alpha value is -1.75. The molecule has 0 saturated carbocycles. The minimum atomic E-state index is -0.169. The zero-order chi connectivity index (χ0) is 15.5. The summed E-state index contributed by atoms with van der Waals surface area (Å²) >= 11 is 13.1. The molecule has 0 radical (unpaired) electrons. The number of thioether (sulfide) groups is 1. The van der Waals surface area contributed by atoms with E-state index in [0.29, 0.717) is 20.1 Å². The molecule has 2 aromatic carbocycles. The van der Waals surface area contributed by atoms with Crippen molar-refractivity contribution in [3.8, 4) is 0 Å². The van der Waals surface area contributed by atoms with E-state index >= 15 is 0 Å². The number of carbonyl (C=O) groups excluding carboxylic acids is 1. The van der Waals surface area contributed by atoms with Crippen molar-refractivity contribution >= 4 is 57.8 Å². The summed E-state index contributed by atoms with van der Waals surface area (Å²) in [6, 6.07) is 14.4. The van der Waals surface area contributed by atoms with Gasteiger partial charge in [-0.05, 0) is 59.8 Å². The van der Waals surface area contributed by atoms with Gasteiger partial charge in [-0.1, -0.05) is 35.3 Å². The fourth-order valence-electron chi connectivity index (χ4n) is 1.86. The molecule has 3 nitrogen and oxygen atoms in total. The van der Waals surface area contributed by atoms with Crippen molar-refractivity contribution in [2.45, 2.75) is 0 Å². The summed E-state index contributed by atoms with van der Waals surface area (Å²) in [5.41, 5.74) is 1.61. The second-order valence-electron chi connectivity index (χ2n) is 4.51. The summed E-state index contributed by atoms with van der Waals surface area (Å²) in [7, 11) is 0. The maximum absolute atomic E-state index is 12.0. The lowest BCUT2D eigenvalue weighted by Crippen LogP contribution is -2.19. The van der Waals surface area contributed by atoms with Crippen molar-refractivity contribution in [2.75, 3.05) is 0 Å². The lowest BCUT2D eigenvalue weighted by Gasteiger charge is -1.96. The second-order valence-corrected chi connectivity index (χ2v) is 6.42. The number of nitrogens with one attached hydrogen (secondary N) is 1. The Balaban J connectivity index is 1.82. The maximum Gasteiger partial charge on any atom is 0.264 e. The maximum atomic E-state index is 12.0. The van der Waals surface area contributed by atoms with Crippen LogP contribution in [-0.4, -0.2) is 11.1 Å². The zero-order valence-corrected chi connectivity index (χ0v) is 13.5. The van der Waals surface area contributed by atoms with Crippen LogP contribution in [0.1, 0.15) is 5.56 Å². The predicted octanol–water partition coefficient (Wildman–Crippen LogP) is 4.89. The number of amidine groups is 1. The van der Waals surface area contributed by atoms with E-state index in [4.69, 9.17) is 23.2 Å². The van der Waals surface area contributed by atoms with Crippen molar-refractivity contribution < 1.29 is 4.79 Å². The van der Waals surface area contributed by atoms with Gasteiger partial charge in [0.1, 0.15) is 0 Å². The Morgan fingerprint density at radius 2 is 1.82 bits per heavy atom. The quantitative estimate of drug-likeness (QED) is 0.785. The molecule has 6 heteroatoms. The first-order valence-corrected chi connectivity index (χ1v) is 7.98. The van der Waals surface area contributed by atoms with Gasteiger partial charge in [-0.2, -0.15) is 0 Å². The lowest BCUT2D eigenvalue weighted by atomic mass is 10.2. The third kappa shape index (κ3) is 3.71. The third-order valence-electron chi connectivity index (χ3n) is 2.85. The van der Waals surface area contributed by atoms with Crippen LogP contribution in [0.4, 0.5) is 5.69 Å². The Bertz CT molecular complexity index is 785. The fourth-order valence-corrected chi connectivity index (χ4v) is 3.03. The molecule has 1 N–H and O–H groups in total. The highest BCUT2D eigenvalue weighted by atomic mass is 35.5. The minimum absolute atomic E-state index is 0.169. The monoisotopic (exact) mass is 348 g/mol. The summed E-state index contributed by atoms with van der Waals surface area (Å²) in [4.78, 5) is 16.9. The third-order valence-corrected chi connectivity index (χ3v) is 4.25. The summed E-state index contributed by atoms with van der Waals surface area (Å²) in [5.74, 6) is -0.169. The van der Waals surface area contributed by atoms with E-state index in [1.165, 1.54) is 11.8 Å². The molecule has 0 bridgehead atoms. The van der Waals surface area contributed by atoms with Gasteiger partial charge in [-0.25, -0.2) is 4.99 Å². The van der Waals surface area contributed by atoms with E-state index in [9.17, 15) is 4.79 Å². The second kappa shape index (κ2) is 6.57. The van der Waals surface area contributed by atoms with Crippen molar-refractivity contribution in [2.24, 2.45) is 4.99 Å². The van der Waals surface area contributed by atoms with Gasteiger partial charge in [0, 0.05) is 10.0 Å². The normalized spacial score (nSPS) is 18.0. The molecule has 0 aliphatic carbocycles. The Kier molecular flexibility index (Phi) is 4.52. The smallest absolute Gasteiger partial charge is 0.264 e. The highest BCUT2D eigenvalue weighted by Gasteiger charge is 2.23. The molecule has 1 amide bonds. The van der Waals surface area contributed by atoms with Gasteiger partial charge in [0.15, 0.2) is 5.17 Å². The van der Waals surface area contributed by atoms with Gasteiger partial charge in [-0.3, -0.25) is 4.79 Å². The van der Waals surface area contributed by atoms with E-state index in [2.05, 4.69) is 10.3 Å². The molecule has 0 unspecified atom stereocenters. The molecular formula is C16H10Cl2N2OS. The number of nitrogens with zero attached hydrogens (tertiary/aromatic N) is 1. The zero-order valence-electron chi connectivity index (χ0n) is 11.2. The van der Waals surface area contributed by atoms with Crippen molar-refractivity contribution in [3.63, 3.8) is 0 Å². The summed E-state index contributed by atoms with van der Waals surface area (Å²) < 4.78 is 0. The Morgan fingerprint density at radius 3 is 2.55 bits per heavy atom. The number of amides is 1. The van der Waals surface area contributed by atoms with Gasteiger partial charge >= 0.3 is 0 Å². The summed E-state index contributed by atoms with van der Waals surface area (Å²) in [6.45, 7) is 0. The Morgan fingerprint density at radius 1 is 1.05 bits per heavy atom. The number of benzene rings is 2. The van der Waals surface area contributed by atoms with Gasteiger partial charge in [0.05, 0.1) is 10.6 Å².